The molecule has 110 valence electrons. The van der Waals surface area contributed by atoms with E-state index < -0.39 is 5.97 Å². The molecule has 0 fully saturated rings. The van der Waals surface area contributed by atoms with Crippen LogP contribution >= 0.6 is 0 Å². The maximum absolute atomic E-state index is 10.2. The Balaban J connectivity index is 0. The Bertz CT molecular complexity index is 283. The maximum atomic E-state index is 10.2. The van der Waals surface area contributed by atoms with E-state index >= 15 is 0 Å². The van der Waals surface area contributed by atoms with Gasteiger partial charge in [-0.15, -0.1) is 0 Å². The van der Waals surface area contributed by atoms with E-state index in [9.17, 15) is 4.79 Å². The lowest BCUT2D eigenvalue weighted by Gasteiger charge is -1.92. The number of hydrogen-bond acceptors (Lipinski definition) is 4. The van der Waals surface area contributed by atoms with Gasteiger partial charge in [0.05, 0.1) is 19.6 Å². The molecule has 5 nitrogen and oxygen atoms in total. The predicted octanol–water partition coefficient (Wildman–Crippen LogP) is 1.33. The van der Waals surface area contributed by atoms with E-state index in [-0.39, 0.29) is 19.6 Å². The standard InChI is InChI=1S/C8H8O2.C4H10O.C2H6O2/c9-8(10)6-7-4-2-1-3-5-7;1-3-5-4-2;3-1-2-4/h1-5H,6H2,(H,9,10);3-4H2,1-2H3;3-4H,1-2H2. The molecule has 1 aromatic rings. The third-order valence-electron chi connectivity index (χ3n) is 1.71. The molecule has 0 atom stereocenters. The molecular formula is C14H24O5. The summed E-state index contributed by atoms with van der Waals surface area (Å²) in [7, 11) is 0. The van der Waals surface area contributed by atoms with Gasteiger partial charge in [-0.05, 0) is 19.4 Å². The Morgan fingerprint density at radius 1 is 1.05 bits per heavy atom. The average Bonchev–Trinajstić information content (AvgIpc) is 2.41. The Hall–Kier alpha value is -1.43. The lowest BCUT2D eigenvalue weighted by molar-refractivity contribution is -0.136. The predicted molar refractivity (Wildman–Crippen MR) is 74.1 cm³/mol. The van der Waals surface area contributed by atoms with Crippen LogP contribution in [0.2, 0.25) is 0 Å². The minimum atomic E-state index is -0.786. The van der Waals surface area contributed by atoms with Crippen molar-refractivity contribution >= 4 is 5.97 Å². The second-order valence-corrected chi connectivity index (χ2v) is 3.28. The second kappa shape index (κ2) is 16.6. The Kier molecular flexibility index (Phi) is 17.4. The second-order valence-electron chi connectivity index (χ2n) is 3.28. The Labute approximate surface area is 114 Å². The van der Waals surface area contributed by atoms with Crippen molar-refractivity contribution in [1.29, 1.82) is 0 Å². The molecule has 0 heterocycles. The molecule has 0 unspecified atom stereocenters. The van der Waals surface area contributed by atoms with Crippen molar-refractivity contribution in [2.45, 2.75) is 20.3 Å². The highest BCUT2D eigenvalue weighted by Crippen LogP contribution is 1.98. The molecular weight excluding hydrogens is 248 g/mol. The number of carbonyl (C=O) groups is 1. The van der Waals surface area contributed by atoms with Gasteiger partial charge in [0, 0.05) is 13.2 Å². The van der Waals surface area contributed by atoms with E-state index in [4.69, 9.17) is 20.1 Å². The molecule has 19 heavy (non-hydrogen) atoms. The first kappa shape index (κ1) is 19.9. The van der Waals surface area contributed by atoms with Crippen LogP contribution in [0.1, 0.15) is 19.4 Å². The third kappa shape index (κ3) is 19.1. The summed E-state index contributed by atoms with van der Waals surface area (Å²) in [6.07, 6.45) is 0.112. The number of ether oxygens (including phenoxy) is 1. The van der Waals surface area contributed by atoms with E-state index in [2.05, 4.69) is 0 Å². The molecule has 3 N–H and O–H groups in total. The van der Waals surface area contributed by atoms with Crippen molar-refractivity contribution in [3.8, 4) is 0 Å². The monoisotopic (exact) mass is 272 g/mol. The molecule has 0 saturated carbocycles. The van der Waals surface area contributed by atoms with Gasteiger partial charge in [-0.2, -0.15) is 0 Å². The highest BCUT2D eigenvalue weighted by molar-refractivity contribution is 5.70. The van der Waals surface area contributed by atoms with Crippen molar-refractivity contribution in [1.82, 2.24) is 0 Å². The number of rotatable bonds is 5. The molecule has 0 radical (unpaired) electrons. The highest BCUT2D eigenvalue weighted by Gasteiger charge is 1.96. The number of aliphatic hydroxyl groups excluding tert-OH is 2. The van der Waals surface area contributed by atoms with Crippen LogP contribution in [0.15, 0.2) is 30.3 Å². The molecule has 0 bridgehead atoms. The third-order valence-corrected chi connectivity index (χ3v) is 1.71. The lowest BCUT2D eigenvalue weighted by Crippen LogP contribution is -1.98. The number of benzene rings is 1. The fourth-order valence-corrected chi connectivity index (χ4v) is 0.975. The summed E-state index contributed by atoms with van der Waals surface area (Å²) in [4.78, 5) is 10.2. The first-order valence-electron chi connectivity index (χ1n) is 6.17. The zero-order chi connectivity index (χ0) is 14.9. The number of carboxylic acid groups (broad SMARTS) is 1. The molecule has 0 spiro atoms. The fraction of sp³-hybridized carbons (Fsp3) is 0.500. The van der Waals surface area contributed by atoms with Crippen LogP contribution in [0.3, 0.4) is 0 Å². The van der Waals surface area contributed by atoms with Gasteiger partial charge in [0.15, 0.2) is 0 Å². The van der Waals surface area contributed by atoms with Crippen LogP contribution in [-0.4, -0.2) is 47.7 Å². The van der Waals surface area contributed by atoms with Gasteiger partial charge < -0.3 is 20.1 Å². The molecule has 0 saturated heterocycles. The van der Waals surface area contributed by atoms with Crippen LogP contribution in [0.25, 0.3) is 0 Å². The lowest BCUT2D eigenvalue weighted by atomic mass is 10.2. The molecule has 0 aliphatic rings. The van der Waals surface area contributed by atoms with E-state index in [0.717, 1.165) is 18.8 Å². The van der Waals surface area contributed by atoms with Gasteiger partial charge >= 0.3 is 5.97 Å². The van der Waals surface area contributed by atoms with Crippen molar-refractivity contribution in [3.63, 3.8) is 0 Å². The zero-order valence-corrected chi connectivity index (χ0v) is 11.6. The van der Waals surface area contributed by atoms with Crippen LogP contribution in [0, 0.1) is 0 Å². The summed E-state index contributed by atoms with van der Waals surface area (Å²) in [5.74, 6) is -0.786. The van der Waals surface area contributed by atoms with Crippen LogP contribution < -0.4 is 0 Å². The molecule has 0 amide bonds. The van der Waals surface area contributed by atoms with Gasteiger partial charge in [0.1, 0.15) is 0 Å². The molecule has 0 aromatic heterocycles. The Morgan fingerprint density at radius 2 is 1.53 bits per heavy atom. The minimum Gasteiger partial charge on any atom is -0.481 e. The summed E-state index contributed by atoms with van der Waals surface area (Å²) in [6, 6.07) is 9.13. The largest absolute Gasteiger partial charge is 0.481 e. The van der Waals surface area contributed by atoms with Crippen molar-refractivity contribution in [2.24, 2.45) is 0 Å². The SMILES string of the molecule is CCOCC.O=C(O)Cc1ccccc1.OCCO. The van der Waals surface area contributed by atoms with E-state index in [1.165, 1.54) is 0 Å². The molecule has 0 aliphatic heterocycles. The first-order chi connectivity index (χ1) is 9.12. The smallest absolute Gasteiger partial charge is 0.307 e. The van der Waals surface area contributed by atoms with Gasteiger partial charge in [-0.1, -0.05) is 30.3 Å². The zero-order valence-electron chi connectivity index (χ0n) is 11.6. The molecule has 0 aliphatic carbocycles. The normalized spacial score (nSPS) is 8.63. The molecule has 1 rings (SSSR count). The fourth-order valence-electron chi connectivity index (χ4n) is 0.975. The quantitative estimate of drug-likeness (QED) is 0.752. The topological polar surface area (TPSA) is 87.0 Å². The Morgan fingerprint density at radius 3 is 1.79 bits per heavy atom. The highest BCUT2D eigenvalue weighted by atomic mass is 16.5. The maximum Gasteiger partial charge on any atom is 0.307 e. The van der Waals surface area contributed by atoms with Crippen molar-refractivity contribution in [2.75, 3.05) is 26.4 Å². The number of carboxylic acids is 1. The van der Waals surface area contributed by atoms with Crippen LogP contribution in [0.4, 0.5) is 0 Å². The number of hydrogen-bond donors (Lipinski definition) is 3. The van der Waals surface area contributed by atoms with Crippen LogP contribution in [-0.2, 0) is 16.0 Å². The van der Waals surface area contributed by atoms with E-state index in [0.29, 0.717) is 0 Å². The summed E-state index contributed by atoms with van der Waals surface area (Å²) in [5.41, 5.74) is 0.843. The van der Waals surface area contributed by atoms with E-state index in [1.54, 1.807) is 12.1 Å². The van der Waals surface area contributed by atoms with Gasteiger partial charge in [-0.25, -0.2) is 0 Å². The number of aliphatic carboxylic acids is 1. The summed E-state index contributed by atoms with van der Waals surface area (Å²) in [5, 5.41) is 23.6. The van der Waals surface area contributed by atoms with Crippen molar-refractivity contribution in [3.05, 3.63) is 35.9 Å². The van der Waals surface area contributed by atoms with Gasteiger partial charge in [0.2, 0.25) is 0 Å². The molecule has 1 aromatic carbocycles. The van der Waals surface area contributed by atoms with Crippen LogP contribution in [0.5, 0.6) is 0 Å². The summed E-state index contributed by atoms with van der Waals surface area (Å²) >= 11 is 0. The summed E-state index contributed by atoms with van der Waals surface area (Å²) in [6.45, 7) is 5.42. The first-order valence-corrected chi connectivity index (χ1v) is 6.17. The summed E-state index contributed by atoms with van der Waals surface area (Å²) < 4.78 is 4.83. The van der Waals surface area contributed by atoms with E-state index in [1.807, 2.05) is 32.0 Å². The van der Waals surface area contributed by atoms with Crippen molar-refractivity contribution < 1.29 is 24.9 Å². The molecule has 5 heteroatoms. The van der Waals surface area contributed by atoms with Gasteiger partial charge in [-0.3, -0.25) is 4.79 Å². The number of aliphatic hydroxyl groups is 2. The average molecular weight is 272 g/mol. The van der Waals surface area contributed by atoms with Gasteiger partial charge in [0.25, 0.3) is 0 Å². The minimum absolute atomic E-state index is 0.112.